The molecule has 0 aliphatic carbocycles. The first-order chi connectivity index (χ1) is 12.2. The molecule has 146 valence electrons. The van der Waals surface area contributed by atoms with Crippen molar-refractivity contribution in [3.05, 3.63) is 35.4 Å². The van der Waals surface area contributed by atoms with E-state index in [1.807, 2.05) is 0 Å². The standard InChI is InChI=1S/C20H31N3O2.HI/c1-16-3-2-10-23(14-16)20(21)22-13-17-4-6-18(7-5-17)15-25-19-8-11-24-12-9-19;/h4-7,16,19H,2-3,8-15H2,1H3,(H2,21,22);1H. The maximum atomic E-state index is 6.16. The van der Waals surface area contributed by atoms with Crippen molar-refractivity contribution in [3.8, 4) is 0 Å². The first kappa shape index (κ1) is 21.4. The number of ether oxygens (including phenoxy) is 2. The molecule has 0 aromatic heterocycles. The second-order valence-electron chi connectivity index (χ2n) is 7.31. The summed E-state index contributed by atoms with van der Waals surface area (Å²) in [6, 6.07) is 8.50. The molecule has 0 amide bonds. The highest BCUT2D eigenvalue weighted by atomic mass is 127. The minimum Gasteiger partial charge on any atom is -0.381 e. The minimum atomic E-state index is 0. The topological polar surface area (TPSA) is 60.1 Å². The number of hydrogen-bond acceptors (Lipinski definition) is 3. The molecule has 0 spiro atoms. The van der Waals surface area contributed by atoms with Crippen molar-refractivity contribution < 1.29 is 9.47 Å². The summed E-state index contributed by atoms with van der Waals surface area (Å²) in [6.07, 6.45) is 4.84. The number of nitrogens with two attached hydrogens (primary N) is 1. The normalized spacial score (nSPS) is 22.1. The van der Waals surface area contributed by atoms with E-state index in [2.05, 4.69) is 41.1 Å². The van der Waals surface area contributed by atoms with E-state index in [-0.39, 0.29) is 24.0 Å². The summed E-state index contributed by atoms with van der Waals surface area (Å²) in [7, 11) is 0. The Balaban J connectivity index is 0.00000243. The molecule has 2 fully saturated rings. The number of likely N-dealkylation sites (tertiary alicyclic amines) is 1. The zero-order valence-electron chi connectivity index (χ0n) is 15.7. The van der Waals surface area contributed by atoms with E-state index < -0.39 is 0 Å². The molecule has 2 saturated heterocycles. The fourth-order valence-corrected chi connectivity index (χ4v) is 3.47. The van der Waals surface area contributed by atoms with Crippen LogP contribution in [0.5, 0.6) is 0 Å². The van der Waals surface area contributed by atoms with Gasteiger partial charge in [0.1, 0.15) is 0 Å². The first-order valence-electron chi connectivity index (χ1n) is 9.53. The second kappa shape index (κ2) is 11.1. The van der Waals surface area contributed by atoms with Crippen LogP contribution in [0.4, 0.5) is 0 Å². The van der Waals surface area contributed by atoms with Gasteiger partial charge in [0.15, 0.2) is 5.96 Å². The van der Waals surface area contributed by atoms with Gasteiger partial charge in [0.05, 0.1) is 19.3 Å². The summed E-state index contributed by atoms with van der Waals surface area (Å²) < 4.78 is 11.3. The zero-order valence-corrected chi connectivity index (χ0v) is 18.1. The van der Waals surface area contributed by atoms with Crippen LogP contribution < -0.4 is 5.73 Å². The van der Waals surface area contributed by atoms with Crippen molar-refractivity contribution in [2.24, 2.45) is 16.6 Å². The highest BCUT2D eigenvalue weighted by Crippen LogP contribution is 2.16. The molecule has 2 aliphatic rings. The Kier molecular flexibility index (Phi) is 9.15. The average Bonchev–Trinajstić information content (AvgIpc) is 2.66. The summed E-state index contributed by atoms with van der Waals surface area (Å²) in [4.78, 5) is 6.79. The number of nitrogens with zero attached hydrogens (tertiary/aromatic N) is 2. The van der Waals surface area contributed by atoms with Gasteiger partial charge in [-0.05, 0) is 42.7 Å². The largest absolute Gasteiger partial charge is 0.381 e. The molecule has 1 aromatic carbocycles. The number of halogens is 1. The fourth-order valence-electron chi connectivity index (χ4n) is 3.47. The second-order valence-corrected chi connectivity index (χ2v) is 7.31. The number of rotatable bonds is 5. The van der Waals surface area contributed by atoms with Crippen LogP contribution in [0.3, 0.4) is 0 Å². The van der Waals surface area contributed by atoms with Crippen LogP contribution >= 0.6 is 24.0 Å². The molecule has 2 N–H and O–H groups in total. The molecule has 3 rings (SSSR count). The molecule has 2 aliphatic heterocycles. The van der Waals surface area contributed by atoms with Crippen molar-refractivity contribution in [3.63, 3.8) is 0 Å². The first-order valence-corrected chi connectivity index (χ1v) is 9.53. The Labute approximate surface area is 174 Å². The van der Waals surface area contributed by atoms with Gasteiger partial charge in [-0.25, -0.2) is 4.99 Å². The summed E-state index contributed by atoms with van der Waals surface area (Å²) in [5, 5.41) is 0. The molecule has 0 bridgehead atoms. The lowest BCUT2D eigenvalue weighted by atomic mass is 10.0. The van der Waals surface area contributed by atoms with Crippen LogP contribution in [0.15, 0.2) is 29.3 Å². The Bertz CT molecular complexity index is 559. The van der Waals surface area contributed by atoms with Gasteiger partial charge in [0, 0.05) is 26.3 Å². The zero-order chi connectivity index (χ0) is 17.5. The molecular weight excluding hydrogens is 441 g/mol. The SMILES string of the molecule is CC1CCCN(C(N)=NCc2ccc(COC3CCOCC3)cc2)C1.I. The average molecular weight is 473 g/mol. The third kappa shape index (κ3) is 6.70. The van der Waals surface area contributed by atoms with E-state index in [4.69, 9.17) is 15.2 Å². The van der Waals surface area contributed by atoms with E-state index in [9.17, 15) is 0 Å². The molecular formula is C20H32IN3O2. The molecule has 26 heavy (non-hydrogen) atoms. The molecule has 0 saturated carbocycles. The highest BCUT2D eigenvalue weighted by molar-refractivity contribution is 14.0. The van der Waals surface area contributed by atoms with Gasteiger partial charge in [0.2, 0.25) is 0 Å². The molecule has 6 heteroatoms. The molecule has 1 atom stereocenters. The Morgan fingerprint density at radius 1 is 1.19 bits per heavy atom. The van der Waals surface area contributed by atoms with Crippen LogP contribution in [0.25, 0.3) is 0 Å². The van der Waals surface area contributed by atoms with Crippen molar-refractivity contribution in [2.45, 2.75) is 51.9 Å². The predicted molar refractivity (Wildman–Crippen MR) is 116 cm³/mol. The third-order valence-corrected chi connectivity index (χ3v) is 5.08. The molecule has 2 heterocycles. The van der Waals surface area contributed by atoms with Crippen LogP contribution in [0.1, 0.15) is 43.7 Å². The van der Waals surface area contributed by atoms with Gasteiger partial charge in [-0.1, -0.05) is 31.2 Å². The molecule has 1 unspecified atom stereocenters. The lowest BCUT2D eigenvalue weighted by Crippen LogP contribution is -2.43. The maximum Gasteiger partial charge on any atom is 0.191 e. The van der Waals surface area contributed by atoms with E-state index in [1.165, 1.54) is 24.0 Å². The van der Waals surface area contributed by atoms with Crippen LogP contribution in [-0.4, -0.2) is 43.3 Å². The van der Waals surface area contributed by atoms with Gasteiger partial charge in [-0.3, -0.25) is 0 Å². The van der Waals surface area contributed by atoms with Gasteiger partial charge in [-0.15, -0.1) is 24.0 Å². The van der Waals surface area contributed by atoms with E-state index in [0.29, 0.717) is 31.1 Å². The van der Waals surface area contributed by atoms with Gasteiger partial charge >= 0.3 is 0 Å². The Hall–Kier alpha value is -0.860. The van der Waals surface area contributed by atoms with Crippen LogP contribution in [-0.2, 0) is 22.6 Å². The molecule has 1 aromatic rings. The highest BCUT2D eigenvalue weighted by Gasteiger charge is 2.17. The van der Waals surface area contributed by atoms with Crippen molar-refractivity contribution >= 4 is 29.9 Å². The number of guanidine groups is 1. The lowest BCUT2D eigenvalue weighted by molar-refractivity contribution is -0.0390. The van der Waals surface area contributed by atoms with Gasteiger partial charge < -0.3 is 20.1 Å². The summed E-state index contributed by atoms with van der Waals surface area (Å²) in [5.41, 5.74) is 8.55. The Morgan fingerprint density at radius 2 is 1.88 bits per heavy atom. The quantitative estimate of drug-likeness (QED) is 0.404. The minimum absolute atomic E-state index is 0. The molecule has 5 nitrogen and oxygen atoms in total. The monoisotopic (exact) mass is 473 g/mol. The van der Waals surface area contributed by atoms with Crippen molar-refractivity contribution in [2.75, 3.05) is 26.3 Å². The summed E-state index contributed by atoms with van der Waals surface area (Å²) >= 11 is 0. The lowest BCUT2D eigenvalue weighted by Gasteiger charge is -2.31. The maximum absolute atomic E-state index is 6.16. The number of piperidine rings is 1. The fraction of sp³-hybridized carbons (Fsp3) is 0.650. The number of aliphatic imine (C=N–C) groups is 1. The van der Waals surface area contributed by atoms with E-state index >= 15 is 0 Å². The third-order valence-electron chi connectivity index (χ3n) is 5.08. The summed E-state index contributed by atoms with van der Waals surface area (Å²) in [6.45, 7) is 7.28. The Morgan fingerprint density at radius 3 is 2.58 bits per heavy atom. The van der Waals surface area contributed by atoms with Gasteiger partial charge in [-0.2, -0.15) is 0 Å². The smallest absolute Gasteiger partial charge is 0.191 e. The predicted octanol–water partition coefficient (Wildman–Crippen LogP) is 3.55. The molecule has 0 radical (unpaired) electrons. The number of benzene rings is 1. The van der Waals surface area contributed by atoms with Crippen molar-refractivity contribution in [1.29, 1.82) is 0 Å². The summed E-state index contributed by atoms with van der Waals surface area (Å²) in [5.74, 6) is 1.39. The van der Waals surface area contributed by atoms with Gasteiger partial charge in [0.25, 0.3) is 0 Å². The van der Waals surface area contributed by atoms with E-state index in [1.54, 1.807) is 0 Å². The van der Waals surface area contributed by atoms with Crippen LogP contribution in [0, 0.1) is 5.92 Å². The number of hydrogen-bond donors (Lipinski definition) is 1. The van der Waals surface area contributed by atoms with E-state index in [0.717, 1.165) is 39.1 Å². The van der Waals surface area contributed by atoms with Crippen molar-refractivity contribution in [1.82, 2.24) is 4.90 Å². The van der Waals surface area contributed by atoms with Crippen LogP contribution in [0.2, 0.25) is 0 Å².